The van der Waals surface area contributed by atoms with Crippen molar-refractivity contribution in [3.8, 4) is 0 Å². The largest absolute Gasteiger partial charge is 0.462 e. The quantitative estimate of drug-likeness (QED) is 0.781. The minimum absolute atomic E-state index is 0.103. The van der Waals surface area contributed by atoms with Crippen molar-refractivity contribution in [2.75, 3.05) is 18.1 Å². The van der Waals surface area contributed by atoms with Crippen molar-refractivity contribution in [2.24, 2.45) is 0 Å². The number of ether oxygens (including phenoxy) is 1. The maximum absolute atomic E-state index is 11.7. The Balaban J connectivity index is 2.64. The van der Waals surface area contributed by atoms with Crippen molar-refractivity contribution < 1.29 is 9.53 Å². The average Bonchev–Trinajstić information content (AvgIpc) is 2.56. The van der Waals surface area contributed by atoms with E-state index in [0.717, 1.165) is 5.56 Å². The number of esters is 1. The van der Waals surface area contributed by atoms with Crippen LogP contribution in [-0.4, -0.2) is 22.5 Å². The van der Waals surface area contributed by atoms with E-state index in [1.54, 1.807) is 13.8 Å². The highest BCUT2D eigenvalue weighted by Gasteiger charge is 2.19. The molecule has 0 fully saturated rings. The minimum atomic E-state index is -0.369. The van der Waals surface area contributed by atoms with E-state index < -0.39 is 0 Å². The molecule has 2 heterocycles. The molecule has 17 heavy (non-hydrogen) atoms. The molecule has 4 N–H and O–H groups in total. The van der Waals surface area contributed by atoms with Gasteiger partial charge in [0.15, 0.2) is 0 Å². The van der Waals surface area contributed by atoms with E-state index >= 15 is 0 Å². The number of fused-ring (bicyclic) bond motifs is 1. The highest BCUT2D eigenvalue weighted by atomic mass is 32.1. The van der Waals surface area contributed by atoms with Gasteiger partial charge in [-0.2, -0.15) is 4.98 Å². The number of carbonyl (C=O) groups is 1. The lowest BCUT2D eigenvalue weighted by Crippen LogP contribution is -2.03. The highest BCUT2D eigenvalue weighted by molar-refractivity contribution is 7.20. The first kappa shape index (κ1) is 11.6. The molecular weight excluding hydrogens is 240 g/mol. The van der Waals surface area contributed by atoms with Crippen molar-refractivity contribution in [3.63, 3.8) is 0 Å². The van der Waals surface area contributed by atoms with Crippen LogP contribution < -0.4 is 11.5 Å². The van der Waals surface area contributed by atoms with Gasteiger partial charge in [0.05, 0.1) is 12.0 Å². The van der Waals surface area contributed by atoms with Crippen LogP contribution in [0.2, 0.25) is 0 Å². The second-order valence-electron chi connectivity index (χ2n) is 3.42. The Hall–Kier alpha value is -1.89. The number of nitrogen functional groups attached to an aromatic ring is 2. The monoisotopic (exact) mass is 252 g/mol. The van der Waals surface area contributed by atoms with E-state index in [0.29, 0.717) is 21.7 Å². The van der Waals surface area contributed by atoms with E-state index in [4.69, 9.17) is 16.2 Å². The summed E-state index contributed by atoms with van der Waals surface area (Å²) in [6.07, 6.45) is 0. The molecule has 0 amide bonds. The Bertz CT molecular complexity index is 593. The Labute approximate surface area is 102 Å². The first-order valence-electron chi connectivity index (χ1n) is 5.03. The Morgan fingerprint density at radius 1 is 1.41 bits per heavy atom. The van der Waals surface area contributed by atoms with Crippen LogP contribution in [0.1, 0.15) is 22.2 Å². The Kier molecular flexibility index (Phi) is 2.84. The molecule has 0 aliphatic carbocycles. The second kappa shape index (κ2) is 4.17. The van der Waals surface area contributed by atoms with Gasteiger partial charge in [-0.15, -0.1) is 11.3 Å². The maximum atomic E-state index is 11.7. The summed E-state index contributed by atoms with van der Waals surface area (Å²) in [6.45, 7) is 3.88. The van der Waals surface area contributed by atoms with Gasteiger partial charge in [-0.1, -0.05) is 0 Å². The smallest absolute Gasteiger partial charge is 0.348 e. The van der Waals surface area contributed by atoms with E-state index in [1.807, 2.05) is 0 Å². The fourth-order valence-corrected chi connectivity index (χ4v) is 2.67. The summed E-state index contributed by atoms with van der Waals surface area (Å²) in [4.78, 5) is 20.7. The third kappa shape index (κ3) is 1.89. The van der Waals surface area contributed by atoms with Gasteiger partial charge in [0, 0.05) is 0 Å². The van der Waals surface area contributed by atoms with Crippen molar-refractivity contribution in [1.82, 2.24) is 9.97 Å². The van der Waals surface area contributed by atoms with Crippen LogP contribution in [0.4, 0.5) is 11.8 Å². The Morgan fingerprint density at radius 2 is 2.12 bits per heavy atom. The number of aryl methyl sites for hydroxylation is 1. The topological polar surface area (TPSA) is 104 Å². The van der Waals surface area contributed by atoms with Gasteiger partial charge in [-0.25, -0.2) is 9.78 Å². The number of thiophene rings is 1. The van der Waals surface area contributed by atoms with Gasteiger partial charge in [0.2, 0.25) is 5.95 Å². The zero-order chi connectivity index (χ0) is 12.6. The van der Waals surface area contributed by atoms with Gasteiger partial charge < -0.3 is 16.2 Å². The SMILES string of the molecule is CCOC(=O)c1sc2nc(N)nc(N)c2c1C. The van der Waals surface area contributed by atoms with Gasteiger partial charge in [0.25, 0.3) is 0 Å². The fourth-order valence-electron chi connectivity index (χ4n) is 1.58. The molecule has 0 bridgehead atoms. The first-order valence-corrected chi connectivity index (χ1v) is 5.85. The summed E-state index contributed by atoms with van der Waals surface area (Å²) in [6, 6.07) is 0. The van der Waals surface area contributed by atoms with Crippen LogP contribution >= 0.6 is 11.3 Å². The summed E-state index contributed by atoms with van der Waals surface area (Å²) in [5, 5.41) is 0.673. The number of nitrogens with two attached hydrogens (primary N) is 2. The number of aromatic nitrogens is 2. The number of hydrogen-bond acceptors (Lipinski definition) is 7. The molecule has 7 heteroatoms. The third-order valence-electron chi connectivity index (χ3n) is 2.30. The summed E-state index contributed by atoms with van der Waals surface area (Å²) < 4.78 is 4.96. The molecule has 2 aromatic heterocycles. The van der Waals surface area contributed by atoms with Crippen molar-refractivity contribution in [1.29, 1.82) is 0 Å². The molecular formula is C10H12N4O2S. The van der Waals surface area contributed by atoms with Crippen LogP contribution in [0.25, 0.3) is 10.2 Å². The second-order valence-corrected chi connectivity index (χ2v) is 4.42. The number of hydrogen-bond donors (Lipinski definition) is 2. The molecule has 2 aromatic rings. The van der Waals surface area contributed by atoms with Crippen LogP contribution in [-0.2, 0) is 4.74 Å². The number of carbonyl (C=O) groups excluding carboxylic acids is 1. The molecule has 90 valence electrons. The van der Waals surface area contributed by atoms with E-state index in [2.05, 4.69) is 9.97 Å². The van der Waals surface area contributed by atoms with Crippen LogP contribution in [0, 0.1) is 6.92 Å². The molecule has 0 aliphatic rings. The lowest BCUT2D eigenvalue weighted by atomic mass is 10.2. The van der Waals surface area contributed by atoms with E-state index in [1.165, 1.54) is 11.3 Å². The standard InChI is InChI=1S/C10H12N4O2S/c1-3-16-9(15)6-4(2)5-7(11)13-10(12)14-8(5)17-6/h3H2,1-2H3,(H4,11,12,13,14). The van der Waals surface area contributed by atoms with Crippen molar-refractivity contribution >= 4 is 39.3 Å². The molecule has 0 saturated heterocycles. The molecule has 0 saturated carbocycles. The van der Waals surface area contributed by atoms with E-state index in [-0.39, 0.29) is 17.7 Å². The predicted octanol–water partition coefficient (Wildman–Crippen LogP) is 1.34. The summed E-state index contributed by atoms with van der Waals surface area (Å²) in [5.41, 5.74) is 12.0. The normalized spacial score (nSPS) is 10.7. The van der Waals surface area contributed by atoms with Crippen LogP contribution in [0.15, 0.2) is 0 Å². The minimum Gasteiger partial charge on any atom is -0.462 e. The summed E-state index contributed by atoms with van der Waals surface area (Å²) >= 11 is 1.21. The molecule has 6 nitrogen and oxygen atoms in total. The zero-order valence-electron chi connectivity index (χ0n) is 9.48. The van der Waals surface area contributed by atoms with Crippen LogP contribution in [0.3, 0.4) is 0 Å². The lowest BCUT2D eigenvalue weighted by molar-refractivity contribution is 0.0531. The first-order chi connectivity index (χ1) is 8.04. The number of anilines is 2. The summed E-state index contributed by atoms with van der Waals surface area (Å²) in [5.74, 6) is 0.0226. The highest BCUT2D eigenvalue weighted by Crippen LogP contribution is 2.33. The fraction of sp³-hybridized carbons (Fsp3) is 0.300. The summed E-state index contributed by atoms with van der Waals surface area (Å²) in [7, 11) is 0. The molecule has 0 unspecified atom stereocenters. The van der Waals surface area contributed by atoms with Gasteiger partial charge in [-0.3, -0.25) is 0 Å². The number of nitrogens with zero attached hydrogens (tertiary/aromatic N) is 2. The zero-order valence-corrected chi connectivity index (χ0v) is 10.3. The third-order valence-corrected chi connectivity index (χ3v) is 3.46. The molecule has 0 aromatic carbocycles. The van der Waals surface area contributed by atoms with E-state index in [9.17, 15) is 4.79 Å². The van der Waals surface area contributed by atoms with Crippen molar-refractivity contribution in [2.45, 2.75) is 13.8 Å². The molecule has 0 spiro atoms. The van der Waals surface area contributed by atoms with Gasteiger partial charge in [0.1, 0.15) is 15.5 Å². The molecule has 0 atom stereocenters. The predicted molar refractivity (Wildman–Crippen MR) is 66.9 cm³/mol. The average molecular weight is 252 g/mol. The Morgan fingerprint density at radius 3 is 2.76 bits per heavy atom. The maximum Gasteiger partial charge on any atom is 0.348 e. The van der Waals surface area contributed by atoms with Crippen LogP contribution in [0.5, 0.6) is 0 Å². The number of rotatable bonds is 2. The van der Waals surface area contributed by atoms with Crippen molar-refractivity contribution in [3.05, 3.63) is 10.4 Å². The van der Waals surface area contributed by atoms with Gasteiger partial charge >= 0.3 is 5.97 Å². The molecule has 0 aliphatic heterocycles. The molecule has 2 rings (SSSR count). The molecule has 0 radical (unpaired) electrons. The van der Waals surface area contributed by atoms with Gasteiger partial charge in [-0.05, 0) is 19.4 Å². The lowest BCUT2D eigenvalue weighted by Gasteiger charge is -2.00.